The summed E-state index contributed by atoms with van der Waals surface area (Å²) in [7, 11) is 3.46. The number of methoxy groups -OCH3 is 1. The number of pyridine rings is 1. The standard InChI is InChI=1S/C18H19N5O/c1-19-18-22-16(14-6-4-8-20-12-14)10-17(23-18)21-11-13-5-3-7-15(9-13)24-2/h3-10,12H,11H2,1-2H3,(H2,19,21,22,23). The third kappa shape index (κ3) is 3.78. The molecule has 0 radical (unpaired) electrons. The Morgan fingerprint density at radius 2 is 2.00 bits per heavy atom. The van der Waals surface area contributed by atoms with Crippen molar-refractivity contribution < 1.29 is 4.74 Å². The van der Waals surface area contributed by atoms with Crippen molar-refractivity contribution in [2.75, 3.05) is 24.8 Å². The van der Waals surface area contributed by atoms with Crippen molar-refractivity contribution in [3.63, 3.8) is 0 Å². The van der Waals surface area contributed by atoms with E-state index >= 15 is 0 Å². The Labute approximate surface area is 141 Å². The van der Waals surface area contributed by atoms with E-state index in [1.54, 1.807) is 26.6 Å². The van der Waals surface area contributed by atoms with Gasteiger partial charge in [0.25, 0.3) is 0 Å². The fourth-order valence-electron chi connectivity index (χ4n) is 2.29. The maximum Gasteiger partial charge on any atom is 0.224 e. The lowest BCUT2D eigenvalue weighted by Crippen LogP contribution is -2.05. The van der Waals surface area contributed by atoms with E-state index in [0.717, 1.165) is 28.4 Å². The van der Waals surface area contributed by atoms with Gasteiger partial charge in [0, 0.05) is 37.6 Å². The maximum absolute atomic E-state index is 5.25. The minimum Gasteiger partial charge on any atom is -0.497 e. The molecule has 0 aliphatic heterocycles. The summed E-state index contributed by atoms with van der Waals surface area (Å²) in [5.74, 6) is 2.14. The van der Waals surface area contributed by atoms with Crippen LogP contribution in [0.15, 0.2) is 54.9 Å². The first-order valence-electron chi connectivity index (χ1n) is 7.62. The highest BCUT2D eigenvalue weighted by Gasteiger charge is 2.06. The SMILES string of the molecule is CNc1nc(NCc2cccc(OC)c2)cc(-c2cccnc2)n1. The van der Waals surface area contributed by atoms with Crippen molar-refractivity contribution in [2.24, 2.45) is 0 Å². The molecule has 122 valence electrons. The van der Waals surface area contributed by atoms with Crippen LogP contribution in [-0.4, -0.2) is 29.1 Å². The lowest BCUT2D eigenvalue weighted by Gasteiger charge is -2.10. The zero-order valence-corrected chi connectivity index (χ0v) is 13.7. The molecule has 0 aliphatic rings. The summed E-state index contributed by atoms with van der Waals surface area (Å²) in [5.41, 5.74) is 2.87. The van der Waals surface area contributed by atoms with Crippen LogP contribution < -0.4 is 15.4 Å². The number of hydrogen-bond donors (Lipinski definition) is 2. The van der Waals surface area contributed by atoms with E-state index in [9.17, 15) is 0 Å². The highest BCUT2D eigenvalue weighted by Crippen LogP contribution is 2.21. The van der Waals surface area contributed by atoms with Crippen molar-refractivity contribution in [1.29, 1.82) is 0 Å². The molecule has 0 fully saturated rings. The molecule has 0 amide bonds. The molecule has 3 aromatic rings. The third-order valence-electron chi connectivity index (χ3n) is 3.51. The lowest BCUT2D eigenvalue weighted by molar-refractivity contribution is 0.414. The quantitative estimate of drug-likeness (QED) is 0.726. The van der Waals surface area contributed by atoms with E-state index in [2.05, 4.69) is 25.6 Å². The number of aromatic nitrogens is 3. The van der Waals surface area contributed by atoms with Gasteiger partial charge >= 0.3 is 0 Å². The first kappa shape index (κ1) is 15.7. The summed E-state index contributed by atoms with van der Waals surface area (Å²) in [5, 5.41) is 6.32. The van der Waals surface area contributed by atoms with E-state index in [-0.39, 0.29) is 0 Å². The summed E-state index contributed by atoms with van der Waals surface area (Å²) in [6.07, 6.45) is 3.53. The monoisotopic (exact) mass is 321 g/mol. The molecule has 0 aliphatic carbocycles. The fourth-order valence-corrected chi connectivity index (χ4v) is 2.29. The average molecular weight is 321 g/mol. The zero-order chi connectivity index (χ0) is 16.8. The van der Waals surface area contributed by atoms with Gasteiger partial charge in [-0.25, -0.2) is 4.98 Å². The minimum absolute atomic E-state index is 0.560. The fraction of sp³-hybridized carbons (Fsp3) is 0.167. The molecule has 6 nitrogen and oxygen atoms in total. The molecule has 0 saturated carbocycles. The number of hydrogen-bond acceptors (Lipinski definition) is 6. The van der Waals surface area contributed by atoms with Crippen LogP contribution in [0.2, 0.25) is 0 Å². The number of rotatable bonds is 6. The van der Waals surface area contributed by atoms with Crippen molar-refractivity contribution in [2.45, 2.75) is 6.54 Å². The second kappa shape index (κ2) is 7.41. The normalized spacial score (nSPS) is 10.2. The van der Waals surface area contributed by atoms with Crippen LogP contribution in [0.3, 0.4) is 0 Å². The zero-order valence-electron chi connectivity index (χ0n) is 13.7. The number of nitrogens with zero attached hydrogens (tertiary/aromatic N) is 3. The van der Waals surface area contributed by atoms with Crippen LogP contribution in [0.25, 0.3) is 11.3 Å². The molecule has 2 heterocycles. The van der Waals surface area contributed by atoms with Crippen LogP contribution in [-0.2, 0) is 6.54 Å². The Kier molecular flexibility index (Phi) is 4.86. The maximum atomic E-state index is 5.25. The molecule has 0 saturated heterocycles. The minimum atomic E-state index is 0.560. The molecule has 0 atom stereocenters. The summed E-state index contributed by atoms with van der Waals surface area (Å²) >= 11 is 0. The molecular formula is C18H19N5O. The van der Waals surface area contributed by atoms with Gasteiger partial charge in [-0.3, -0.25) is 4.98 Å². The van der Waals surface area contributed by atoms with Gasteiger partial charge in [0.05, 0.1) is 12.8 Å². The molecule has 2 aromatic heterocycles. The van der Waals surface area contributed by atoms with E-state index in [4.69, 9.17) is 4.74 Å². The Balaban J connectivity index is 1.82. The lowest BCUT2D eigenvalue weighted by atomic mass is 10.2. The Morgan fingerprint density at radius 3 is 2.75 bits per heavy atom. The van der Waals surface area contributed by atoms with Crippen molar-refractivity contribution >= 4 is 11.8 Å². The molecule has 3 rings (SSSR count). The van der Waals surface area contributed by atoms with Gasteiger partial charge in [0.15, 0.2) is 0 Å². The molecule has 2 N–H and O–H groups in total. The number of ether oxygens (including phenoxy) is 1. The van der Waals surface area contributed by atoms with E-state index < -0.39 is 0 Å². The summed E-state index contributed by atoms with van der Waals surface area (Å²) < 4.78 is 5.25. The predicted molar refractivity (Wildman–Crippen MR) is 95.1 cm³/mol. The molecule has 6 heteroatoms. The molecule has 24 heavy (non-hydrogen) atoms. The topological polar surface area (TPSA) is 72.0 Å². The largest absolute Gasteiger partial charge is 0.497 e. The Hall–Kier alpha value is -3.15. The molecule has 0 bridgehead atoms. The molecule has 1 aromatic carbocycles. The third-order valence-corrected chi connectivity index (χ3v) is 3.51. The van der Waals surface area contributed by atoms with E-state index in [0.29, 0.717) is 12.5 Å². The molecule has 0 spiro atoms. The molecular weight excluding hydrogens is 302 g/mol. The number of benzene rings is 1. The van der Waals surface area contributed by atoms with E-state index in [1.165, 1.54) is 0 Å². The average Bonchev–Trinajstić information content (AvgIpc) is 2.67. The van der Waals surface area contributed by atoms with Gasteiger partial charge in [0.1, 0.15) is 11.6 Å². The first-order chi connectivity index (χ1) is 11.8. The van der Waals surface area contributed by atoms with Crippen LogP contribution >= 0.6 is 0 Å². The van der Waals surface area contributed by atoms with Gasteiger partial charge < -0.3 is 15.4 Å². The first-order valence-corrected chi connectivity index (χ1v) is 7.62. The van der Waals surface area contributed by atoms with Crippen molar-refractivity contribution in [3.8, 4) is 17.0 Å². The summed E-state index contributed by atoms with van der Waals surface area (Å²) in [6, 6.07) is 13.7. The van der Waals surface area contributed by atoms with Crippen molar-refractivity contribution in [3.05, 3.63) is 60.4 Å². The van der Waals surface area contributed by atoms with Gasteiger partial charge in [-0.1, -0.05) is 12.1 Å². The van der Waals surface area contributed by atoms with Gasteiger partial charge in [-0.05, 0) is 29.8 Å². The summed E-state index contributed by atoms with van der Waals surface area (Å²) in [4.78, 5) is 13.1. The van der Waals surface area contributed by atoms with Crippen LogP contribution in [0.1, 0.15) is 5.56 Å². The van der Waals surface area contributed by atoms with Gasteiger partial charge in [-0.2, -0.15) is 4.98 Å². The van der Waals surface area contributed by atoms with Crippen LogP contribution in [0.5, 0.6) is 5.75 Å². The highest BCUT2D eigenvalue weighted by atomic mass is 16.5. The molecule has 0 unspecified atom stereocenters. The van der Waals surface area contributed by atoms with Crippen molar-refractivity contribution in [1.82, 2.24) is 15.0 Å². The Bertz CT molecular complexity index is 808. The van der Waals surface area contributed by atoms with Crippen LogP contribution in [0.4, 0.5) is 11.8 Å². The number of anilines is 2. The van der Waals surface area contributed by atoms with Gasteiger partial charge in [0.2, 0.25) is 5.95 Å². The number of nitrogens with one attached hydrogen (secondary N) is 2. The predicted octanol–water partition coefficient (Wildman–Crippen LogP) is 3.20. The smallest absolute Gasteiger partial charge is 0.224 e. The Morgan fingerprint density at radius 1 is 1.08 bits per heavy atom. The van der Waals surface area contributed by atoms with Gasteiger partial charge in [-0.15, -0.1) is 0 Å². The second-order valence-electron chi connectivity index (χ2n) is 5.16. The van der Waals surface area contributed by atoms with Crippen LogP contribution in [0, 0.1) is 0 Å². The van der Waals surface area contributed by atoms with E-state index in [1.807, 2.05) is 42.5 Å². The highest BCUT2D eigenvalue weighted by molar-refractivity contribution is 5.63. The second-order valence-corrected chi connectivity index (χ2v) is 5.16. The summed E-state index contributed by atoms with van der Waals surface area (Å²) in [6.45, 7) is 0.643.